The van der Waals surface area contributed by atoms with E-state index < -0.39 is 27.3 Å². The van der Waals surface area contributed by atoms with Crippen molar-refractivity contribution in [1.82, 2.24) is 4.72 Å². The molecule has 0 saturated carbocycles. The van der Waals surface area contributed by atoms with Crippen LogP contribution in [0.1, 0.15) is 39.5 Å². The number of aliphatic carboxylic acids is 1. The normalized spacial score (nSPS) is 15.3. The van der Waals surface area contributed by atoms with Crippen LogP contribution in [0.3, 0.4) is 0 Å². The summed E-state index contributed by atoms with van der Waals surface area (Å²) in [5, 5.41) is 8.30. The maximum atomic E-state index is 11.9. The minimum Gasteiger partial charge on any atom is -0.480 e. The zero-order chi connectivity index (χ0) is 14.2. The third-order valence-electron chi connectivity index (χ3n) is 2.71. The topological polar surface area (TPSA) is 92.7 Å². The van der Waals surface area contributed by atoms with Crippen LogP contribution < -0.4 is 4.72 Å². The van der Waals surface area contributed by atoms with Gasteiger partial charge in [-0.1, -0.05) is 19.8 Å². The zero-order valence-electron chi connectivity index (χ0n) is 11.2. The van der Waals surface area contributed by atoms with Gasteiger partial charge < -0.3 is 9.84 Å². The highest BCUT2D eigenvalue weighted by atomic mass is 32.2. The van der Waals surface area contributed by atoms with Crippen LogP contribution in [0.15, 0.2) is 0 Å². The monoisotopic (exact) mass is 281 g/mol. The lowest BCUT2D eigenvalue weighted by atomic mass is 10.1. The number of carboxylic acid groups (broad SMARTS) is 1. The molecule has 0 amide bonds. The third-order valence-corrected chi connectivity index (χ3v) is 4.62. The molecule has 0 radical (unpaired) electrons. The van der Waals surface area contributed by atoms with Gasteiger partial charge in [0.2, 0.25) is 10.0 Å². The van der Waals surface area contributed by atoms with Crippen molar-refractivity contribution in [2.24, 2.45) is 0 Å². The molecule has 2 N–H and O–H groups in total. The number of nitrogens with one attached hydrogen (secondary N) is 1. The van der Waals surface area contributed by atoms with E-state index in [9.17, 15) is 13.2 Å². The Hall–Kier alpha value is -0.660. The van der Waals surface area contributed by atoms with Crippen molar-refractivity contribution in [3.05, 3.63) is 0 Å². The smallest absolute Gasteiger partial charge is 0.321 e. The van der Waals surface area contributed by atoms with Crippen LogP contribution in [0.25, 0.3) is 0 Å². The third kappa shape index (κ3) is 6.32. The Kier molecular flexibility index (Phi) is 8.13. The largest absolute Gasteiger partial charge is 0.480 e. The van der Waals surface area contributed by atoms with Gasteiger partial charge in [0.25, 0.3) is 0 Å². The second kappa shape index (κ2) is 8.44. The van der Waals surface area contributed by atoms with E-state index in [1.54, 1.807) is 6.92 Å². The van der Waals surface area contributed by atoms with Crippen LogP contribution >= 0.6 is 0 Å². The molecule has 0 rings (SSSR count). The van der Waals surface area contributed by atoms with E-state index in [4.69, 9.17) is 9.84 Å². The molecule has 0 aliphatic heterocycles. The minimum absolute atomic E-state index is 0.308. The molecule has 1 unspecified atom stereocenters. The quantitative estimate of drug-likeness (QED) is 0.622. The Morgan fingerprint density at radius 3 is 2.44 bits per heavy atom. The molecule has 0 fully saturated rings. The van der Waals surface area contributed by atoms with Crippen molar-refractivity contribution < 1.29 is 23.1 Å². The summed E-state index contributed by atoms with van der Waals surface area (Å²) in [6.45, 7) is 3.80. The van der Waals surface area contributed by atoms with Crippen LogP contribution in [-0.2, 0) is 19.6 Å². The summed E-state index contributed by atoms with van der Waals surface area (Å²) >= 11 is 0. The van der Waals surface area contributed by atoms with Gasteiger partial charge >= 0.3 is 5.97 Å². The van der Waals surface area contributed by atoms with Crippen molar-refractivity contribution in [3.63, 3.8) is 0 Å². The summed E-state index contributed by atoms with van der Waals surface area (Å²) in [5.41, 5.74) is 0. The Morgan fingerprint density at radius 2 is 2.00 bits per heavy atom. The minimum atomic E-state index is -3.62. The van der Waals surface area contributed by atoms with Crippen LogP contribution in [-0.4, -0.2) is 44.5 Å². The number of ether oxygens (including phenoxy) is 1. The molecular weight excluding hydrogens is 258 g/mol. The molecule has 0 aromatic heterocycles. The van der Waals surface area contributed by atoms with Crippen molar-refractivity contribution in [1.29, 1.82) is 0 Å². The number of carbonyl (C=O) groups is 1. The fraction of sp³-hybridized carbons (Fsp3) is 0.909. The van der Waals surface area contributed by atoms with Crippen LogP contribution in [0, 0.1) is 0 Å². The highest BCUT2D eigenvalue weighted by Gasteiger charge is 2.27. The Labute approximate surface area is 109 Å². The van der Waals surface area contributed by atoms with Crippen LogP contribution in [0.2, 0.25) is 0 Å². The second-order valence-electron chi connectivity index (χ2n) is 4.29. The molecule has 0 spiro atoms. The summed E-state index contributed by atoms with van der Waals surface area (Å²) in [7, 11) is -2.12. The van der Waals surface area contributed by atoms with Gasteiger partial charge in [-0.2, -0.15) is 0 Å². The Bertz CT molecular complexity index is 341. The van der Waals surface area contributed by atoms with E-state index >= 15 is 0 Å². The molecule has 0 saturated heterocycles. The molecule has 18 heavy (non-hydrogen) atoms. The fourth-order valence-electron chi connectivity index (χ4n) is 1.39. The summed E-state index contributed by atoms with van der Waals surface area (Å²) < 4.78 is 30.8. The van der Waals surface area contributed by atoms with Gasteiger partial charge in [-0.3, -0.25) is 4.79 Å². The van der Waals surface area contributed by atoms with Crippen LogP contribution in [0.5, 0.6) is 0 Å². The number of methoxy groups -OCH3 is 1. The first kappa shape index (κ1) is 17.3. The predicted octanol–water partition coefficient (Wildman–Crippen LogP) is 0.974. The average molecular weight is 281 g/mol. The van der Waals surface area contributed by atoms with E-state index in [0.717, 1.165) is 6.42 Å². The molecule has 2 atom stereocenters. The summed E-state index contributed by atoms with van der Waals surface area (Å²) in [6, 6.07) is -1.04. The number of unbranched alkanes of at least 4 members (excludes halogenated alkanes) is 1. The van der Waals surface area contributed by atoms with E-state index in [-0.39, 0.29) is 0 Å². The maximum Gasteiger partial charge on any atom is 0.321 e. The van der Waals surface area contributed by atoms with E-state index in [1.165, 1.54) is 7.11 Å². The van der Waals surface area contributed by atoms with Crippen molar-refractivity contribution >= 4 is 16.0 Å². The second-order valence-corrected chi connectivity index (χ2v) is 6.42. The summed E-state index contributed by atoms with van der Waals surface area (Å²) in [4.78, 5) is 11.0. The molecule has 0 heterocycles. The van der Waals surface area contributed by atoms with Gasteiger partial charge in [-0.15, -0.1) is 0 Å². The van der Waals surface area contributed by atoms with Gasteiger partial charge in [-0.25, -0.2) is 13.1 Å². The number of carboxylic acids is 1. The molecule has 0 aromatic carbocycles. The van der Waals surface area contributed by atoms with Crippen molar-refractivity contribution in [2.45, 2.75) is 50.8 Å². The Balaban J connectivity index is 4.54. The van der Waals surface area contributed by atoms with Gasteiger partial charge in [0.1, 0.15) is 6.04 Å². The van der Waals surface area contributed by atoms with Crippen molar-refractivity contribution in [3.8, 4) is 0 Å². The molecule has 0 aromatic rings. The molecule has 0 bridgehead atoms. The standard InChI is InChI=1S/C11H23NO5S/c1-4-5-6-10(11(13)14)12-18(15,16)9(2)7-8-17-3/h9-10,12H,4-8H2,1-3H3,(H,13,14)/t9?,10-/m0/s1. The lowest BCUT2D eigenvalue weighted by molar-refractivity contribution is -0.139. The van der Waals surface area contributed by atoms with E-state index in [0.29, 0.717) is 25.9 Å². The molecule has 0 aliphatic rings. The fourth-order valence-corrected chi connectivity index (χ4v) is 2.65. The zero-order valence-corrected chi connectivity index (χ0v) is 12.0. The SMILES string of the molecule is CCCC[C@H](NS(=O)(=O)C(C)CCOC)C(=O)O. The summed E-state index contributed by atoms with van der Waals surface area (Å²) in [5.74, 6) is -1.13. The highest BCUT2D eigenvalue weighted by Crippen LogP contribution is 2.08. The number of sulfonamides is 1. The van der Waals surface area contributed by atoms with E-state index in [2.05, 4.69) is 4.72 Å². The average Bonchev–Trinajstić information content (AvgIpc) is 2.30. The first-order chi connectivity index (χ1) is 8.35. The Morgan fingerprint density at radius 1 is 1.39 bits per heavy atom. The van der Waals surface area contributed by atoms with Crippen LogP contribution in [0.4, 0.5) is 0 Å². The number of hydrogen-bond donors (Lipinski definition) is 2. The number of hydrogen-bond acceptors (Lipinski definition) is 4. The van der Waals surface area contributed by atoms with Gasteiger partial charge in [0.05, 0.1) is 5.25 Å². The number of rotatable bonds is 10. The lowest BCUT2D eigenvalue weighted by Gasteiger charge is -2.18. The molecule has 108 valence electrons. The lowest BCUT2D eigenvalue weighted by Crippen LogP contribution is -2.44. The first-order valence-electron chi connectivity index (χ1n) is 6.08. The van der Waals surface area contributed by atoms with Gasteiger partial charge in [-0.05, 0) is 19.8 Å². The highest BCUT2D eigenvalue weighted by molar-refractivity contribution is 7.90. The summed E-state index contributed by atoms with van der Waals surface area (Å²) in [6.07, 6.45) is 2.14. The van der Waals surface area contributed by atoms with Crippen molar-refractivity contribution in [2.75, 3.05) is 13.7 Å². The molecule has 0 aliphatic carbocycles. The molecule has 7 heteroatoms. The maximum absolute atomic E-state index is 11.9. The van der Waals surface area contributed by atoms with E-state index in [1.807, 2.05) is 6.92 Å². The predicted molar refractivity (Wildman–Crippen MR) is 69.0 cm³/mol. The van der Waals surface area contributed by atoms with Gasteiger partial charge in [0.15, 0.2) is 0 Å². The van der Waals surface area contributed by atoms with Gasteiger partial charge in [0, 0.05) is 13.7 Å². The first-order valence-corrected chi connectivity index (χ1v) is 7.62. The molecule has 6 nitrogen and oxygen atoms in total. The molecular formula is C11H23NO5S.